The maximum absolute atomic E-state index is 11.1. The summed E-state index contributed by atoms with van der Waals surface area (Å²) < 4.78 is 0. The summed E-state index contributed by atoms with van der Waals surface area (Å²) in [5, 5.41) is 11.9. The third kappa shape index (κ3) is 2.73. The minimum Gasteiger partial charge on any atom is -0.258 e. The summed E-state index contributed by atoms with van der Waals surface area (Å²) in [7, 11) is 0. The molecule has 1 heterocycles. The van der Waals surface area contributed by atoms with E-state index in [1.54, 1.807) is 30.1 Å². The highest BCUT2D eigenvalue weighted by Gasteiger charge is 2.15. The van der Waals surface area contributed by atoms with Crippen LogP contribution in [-0.4, -0.2) is 9.91 Å². The first-order chi connectivity index (χ1) is 10.1. The fourth-order valence-electron chi connectivity index (χ4n) is 2.17. The summed E-state index contributed by atoms with van der Waals surface area (Å²) in [6.07, 6.45) is 1.58. The van der Waals surface area contributed by atoms with E-state index in [0.29, 0.717) is 5.52 Å². The fourth-order valence-corrected chi connectivity index (χ4v) is 3.23. The summed E-state index contributed by atoms with van der Waals surface area (Å²) in [6, 6.07) is 15.1. The molecule has 4 nitrogen and oxygen atoms in total. The van der Waals surface area contributed by atoms with Crippen molar-refractivity contribution in [2.45, 2.75) is 16.7 Å². The third-order valence-electron chi connectivity index (χ3n) is 3.12. The summed E-state index contributed by atoms with van der Waals surface area (Å²) in [5.74, 6) is 0. The molecule has 0 aliphatic rings. The standard InChI is InChI=1S/C16H12N2O2S/c1-11-4-2-5-12(10-11)21-15-8-7-14(18(19)20)16-13(15)6-3-9-17-16/h2-10H,1H3. The first kappa shape index (κ1) is 13.6. The van der Waals surface area contributed by atoms with Gasteiger partial charge in [0.25, 0.3) is 5.69 Å². The number of hydrogen-bond donors (Lipinski definition) is 0. The molecule has 0 bridgehead atoms. The zero-order valence-electron chi connectivity index (χ0n) is 11.3. The zero-order valence-corrected chi connectivity index (χ0v) is 12.1. The monoisotopic (exact) mass is 296 g/mol. The van der Waals surface area contributed by atoms with E-state index in [-0.39, 0.29) is 5.69 Å². The molecule has 0 unspecified atom stereocenters. The van der Waals surface area contributed by atoms with Crippen molar-refractivity contribution >= 4 is 28.4 Å². The number of nitro benzene ring substituents is 1. The Morgan fingerprint density at radius 2 is 2.00 bits per heavy atom. The van der Waals surface area contributed by atoms with Gasteiger partial charge in [0.15, 0.2) is 0 Å². The van der Waals surface area contributed by atoms with E-state index in [0.717, 1.165) is 15.2 Å². The summed E-state index contributed by atoms with van der Waals surface area (Å²) in [4.78, 5) is 16.9. The SMILES string of the molecule is Cc1cccc(Sc2ccc([N+](=O)[O-])c3ncccc23)c1. The molecule has 2 aromatic carbocycles. The number of fused-ring (bicyclic) bond motifs is 1. The Bertz CT molecular complexity index is 833. The van der Waals surface area contributed by atoms with E-state index >= 15 is 0 Å². The van der Waals surface area contributed by atoms with Crippen molar-refractivity contribution in [3.8, 4) is 0 Å². The van der Waals surface area contributed by atoms with E-state index in [4.69, 9.17) is 0 Å². The Morgan fingerprint density at radius 3 is 2.76 bits per heavy atom. The van der Waals surface area contributed by atoms with Gasteiger partial charge in [-0.1, -0.05) is 29.5 Å². The summed E-state index contributed by atoms with van der Waals surface area (Å²) >= 11 is 1.59. The molecule has 0 fully saturated rings. The van der Waals surface area contributed by atoms with Crippen LogP contribution in [0.4, 0.5) is 5.69 Å². The Balaban J connectivity index is 2.12. The van der Waals surface area contributed by atoms with Gasteiger partial charge >= 0.3 is 0 Å². The first-order valence-electron chi connectivity index (χ1n) is 6.42. The minimum atomic E-state index is -0.392. The highest BCUT2D eigenvalue weighted by molar-refractivity contribution is 7.99. The van der Waals surface area contributed by atoms with Gasteiger partial charge in [-0.2, -0.15) is 0 Å². The molecule has 0 spiro atoms. The van der Waals surface area contributed by atoms with Crippen LogP contribution < -0.4 is 0 Å². The molecule has 0 radical (unpaired) electrons. The fraction of sp³-hybridized carbons (Fsp3) is 0.0625. The van der Waals surface area contributed by atoms with E-state index in [1.807, 2.05) is 31.2 Å². The third-order valence-corrected chi connectivity index (χ3v) is 4.19. The maximum atomic E-state index is 11.1. The summed E-state index contributed by atoms with van der Waals surface area (Å²) in [6.45, 7) is 2.04. The highest BCUT2D eigenvalue weighted by Crippen LogP contribution is 2.36. The van der Waals surface area contributed by atoms with Gasteiger partial charge in [-0.15, -0.1) is 0 Å². The normalized spacial score (nSPS) is 10.7. The molecule has 3 aromatic rings. The van der Waals surface area contributed by atoms with Crippen molar-refractivity contribution in [3.05, 3.63) is 70.4 Å². The molecule has 0 saturated carbocycles. The number of rotatable bonds is 3. The molecule has 0 N–H and O–H groups in total. The van der Waals surface area contributed by atoms with Gasteiger partial charge in [-0.3, -0.25) is 10.1 Å². The Kier molecular flexibility index (Phi) is 3.58. The first-order valence-corrected chi connectivity index (χ1v) is 7.23. The summed E-state index contributed by atoms with van der Waals surface area (Å²) in [5.41, 5.74) is 1.66. The molecular weight excluding hydrogens is 284 g/mol. The molecule has 5 heteroatoms. The Labute approximate surface area is 126 Å². The number of hydrogen-bond acceptors (Lipinski definition) is 4. The van der Waals surface area contributed by atoms with Gasteiger partial charge in [0.2, 0.25) is 0 Å². The van der Waals surface area contributed by atoms with Crippen molar-refractivity contribution in [2.75, 3.05) is 0 Å². The van der Waals surface area contributed by atoms with Crippen LogP contribution in [0.25, 0.3) is 10.9 Å². The number of nitrogens with zero attached hydrogens (tertiary/aromatic N) is 2. The van der Waals surface area contributed by atoms with Gasteiger partial charge in [0.05, 0.1) is 4.92 Å². The van der Waals surface area contributed by atoms with Gasteiger partial charge in [0, 0.05) is 27.4 Å². The number of benzene rings is 2. The lowest BCUT2D eigenvalue weighted by atomic mass is 10.2. The molecular formula is C16H12N2O2S. The Hall–Kier alpha value is -2.40. The van der Waals surface area contributed by atoms with Crippen LogP contribution in [0.1, 0.15) is 5.56 Å². The number of non-ortho nitro benzene ring substituents is 1. The van der Waals surface area contributed by atoms with Crippen molar-refractivity contribution in [1.82, 2.24) is 4.98 Å². The molecule has 0 aliphatic carbocycles. The van der Waals surface area contributed by atoms with E-state index in [9.17, 15) is 10.1 Å². The zero-order chi connectivity index (χ0) is 14.8. The number of pyridine rings is 1. The smallest absolute Gasteiger partial charge is 0.258 e. The second kappa shape index (κ2) is 5.54. The van der Waals surface area contributed by atoms with Crippen LogP contribution in [-0.2, 0) is 0 Å². The lowest BCUT2D eigenvalue weighted by Gasteiger charge is -2.07. The highest BCUT2D eigenvalue weighted by atomic mass is 32.2. The second-order valence-corrected chi connectivity index (χ2v) is 5.77. The van der Waals surface area contributed by atoms with E-state index in [1.165, 1.54) is 11.6 Å². The predicted octanol–water partition coefficient (Wildman–Crippen LogP) is 4.60. The van der Waals surface area contributed by atoms with E-state index < -0.39 is 4.92 Å². The van der Waals surface area contributed by atoms with Gasteiger partial charge < -0.3 is 0 Å². The lowest BCUT2D eigenvalue weighted by molar-refractivity contribution is -0.383. The molecule has 0 saturated heterocycles. The molecule has 21 heavy (non-hydrogen) atoms. The van der Waals surface area contributed by atoms with Crippen molar-refractivity contribution < 1.29 is 4.92 Å². The lowest BCUT2D eigenvalue weighted by Crippen LogP contribution is -1.92. The Morgan fingerprint density at radius 1 is 1.14 bits per heavy atom. The molecule has 104 valence electrons. The van der Waals surface area contributed by atoms with Crippen molar-refractivity contribution in [1.29, 1.82) is 0 Å². The van der Waals surface area contributed by atoms with Crippen LogP contribution in [0.2, 0.25) is 0 Å². The average molecular weight is 296 g/mol. The molecule has 3 rings (SSSR count). The van der Waals surface area contributed by atoms with Crippen LogP contribution in [0.15, 0.2) is 64.5 Å². The number of nitro groups is 1. The van der Waals surface area contributed by atoms with Gasteiger partial charge in [-0.25, -0.2) is 4.98 Å². The number of aromatic nitrogens is 1. The molecule has 0 atom stereocenters. The van der Waals surface area contributed by atoms with Crippen molar-refractivity contribution in [2.24, 2.45) is 0 Å². The van der Waals surface area contributed by atoms with Crippen LogP contribution in [0, 0.1) is 17.0 Å². The van der Waals surface area contributed by atoms with Crippen LogP contribution in [0.5, 0.6) is 0 Å². The second-order valence-electron chi connectivity index (χ2n) is 4.66. The quantitative estimate of drug-likeness (QED) is 0.523. The molecule has 0 amide bonds. The number of aryl methyl sites for hydroxylation is 1. The molecule has 1 aromatic heterocycles. The maximum Gasteiger partial charge on any atom is 0.295 e. The topological polar surface area (TPSA) is 56.0 Å². The van der Waals surface area contributed by atoms with E-state index in [2.05, 4.69) is 11.1 Å². The predicted molar refractivity (Wildman–Crippen MR) is 83.7 cm³/mol. The van der Waals surface area contributed by atoms with Gasteiger partial charge in [0.1, 0.15) is 5.52 Å². The van der Waals surface area contributed by atoms with Crippen LogP contribution >= 0.6 is 11.8 Å². The molecule has 0 aliphatic heterocycles. The minimum absolute atomic E-state index is 0.0409. The van der Waals surface area contributed by atoms with Crippen molar-refractivity contribution in [3.63, 3.8) is 0 Å². The largest absolute Gasteiger partial charge is 0.295 e. The van der Waals surface area contributed by atoms with Crippen LogP contribution in [0.3, 0.4) is 0 Å². The van der Waals surface area contributed by atoms with Gasteiger partial charge in [-0.05, 0) is 37.3 Å². The average Bonchev–Trinajstić information content (AvgIpc) is 2.47.